The van der Waals surface area contributed by atoms with Gasteiger partial charge in [0.25, 0.3) is 0 Å². The predicted octanol–water partition coefficient (Wildman–Crippen LogP) is 3.80. The molecule has 0 aliphatic heterocycles. The van der Waals surface area contributed by atoms with Crippen molar-refractivity contribution >= 4 is 11.6 Å². The number of hydrogen-bond donors (Lipinski definition) is 2. The van der Waals surface area contributed by atoms with Crippen LogP contribution < -0.4 is 11.1 Å². The highest BCUT2D eigenvalue weighted by Crippen LogP contribution is 2.32. The number of para-hydroxylation sites is 1. The fourth-order valence-corrected chi connectivity index (χ4v) is 3.51. The van der Waals surface area contributed by atoms with E-state index >= 15 is 0 Å². The number of nitrogens with two attached hydrogens (primary N) is 1. The summed E-state index contributed by atoms with van der Waals surface area (Å²) in [5, 5.41) is 2.97. The Morgan fingerprint density at radius 2 is 1.96 bits per heavy atom. The number of hydrogen-bond acceptors (Lipinski definition) is 3. The number of carbonyl (C=O) groups is 1. The summed E-state index contributed by atoms with van der Waals surface area (Å²) < 4.78 is 6.07. The van der Waals surface area contributed by atoms with E-state index in [4.69, 9.17) is 10.5 Å². The quantitative estimate of drug-likeness (QED) is 0.561. The van der Waals surface area contributed by atoms with Gasteiger partial charge in [-0.3, -0.25) is 4.79 Å². The van der Waals surface area contributed by atoms with Crippen LogP contribution in [0, 0.1) is 0 Å². The van der Waals surface area contributed by atoms with Gasteiger partial charge < -0.3 is 15.8 Å². The van der Waals surface area contributed by atoms with E-state index in [0.29, 0.717) is 26.0 Å². The second-order valence-electron chi connectivity index (χ2n) is 6.85. The fourth-order valence-electron chi connectivity index (χ4n) is 3.51. The molecule has 0 saturated carbocycles. The van der Waals surface area contributed by atoms with Crippen molar-refractivity contribution in [3.05, 3.63) is 65.2 Å². The third kappa shape index (κ3) is 5.09. The van der Waals surface area contributed by atoms with Crippen LogP contribution in [0.5, 0.6) is 0 Å². The highest BCUT2D eigenvalue weighted by atomic mass is 16.5. The van der Waals surface area contributed by atoms with Crippen molar-refractivity contribution in [3.8, 4) is 0 Å². The first-order valence-corrected chi connectivity index (χ1v) is 9.53. The molecular weight excluding hydrogens is 324 g/mol. The largest absolute Gasteiger partial charge is 0.399 e. The molecule has 0 spiro atoms. The summed E-state index contributed by atoms with van der Waals surface area (Å²) in [4.78, 5) is 12.0. The molecule has 0 bridgehead atoms. The van der Waals surface area contributed by atoms with E-state index in [9.17, 15) is 4.79 Å². The van der Waals surface area contributed by atoms with Crippen LogP contribution >= 0.6 is 0 Å². The Balaban J connectivity index is 1.32. The van der Waals surface area contributed by atoms with Crippen molar-refractivity contribution in [1.29, 1.82) is 0 Å². The second kappa shape index (κ2) is 9.39. The van der Waals surface area contributed by atoms with E-state index < -0.39 is 0 Å². The maximum atomic E-state index is 12.0. The van der Waals surface area contributed by atoms with Crippen LogP contribution in [0.3, 0.4) is 0 Å². The highest BCUT2D eigenvalue weighted by molar-refractivity contribution is 5.76. The lowest BCUT2D eigenvalue weighted by atomic mass is 9.89. The van der Waals surface area contributed by atoms with Gasteiger partial charge in [-0.15, -0.1) is 0 Å². The van der Waals surface area contributed by atoms with Crippen molar-refractivity contribution in [2.45, 2.75) is 44.6 Å². The van der Waals surface area contributed by atoms with E-state index in [2.05, 4.69) is 29.6 Å². The molecule has 1 amide bonds. The molecule has 2 aromatic rings. The number of anilines is 1. The van der Waals surface area contributed by atoms with Gasteiger partial charge in [0.15, 0.2) is 0 Å². The standard InChI is InChI=1S/C22H28N2O2/c23-20-11-4-2-8-18(20)13-14-22(25)24-15-6-16-26-21-12-5-9-17-7-1-3-10-19(17)21/h1-4,7-8,10-11,21H,5-6,9,12-16,23H2,(H,24,25). The van der Waals surface area contributed by atoms with Crippen molar-refractivity contribution in [3.63, 3.8) is 0 Å². The minimum atomic E-state index is 0.0660. The monoisotopic (exact) mass is 352 g/mol. The average Bonchev–Trinajstić information content (AvgIpc) is 2.67. The topological polar surface area (TPSA) is 64.4 Å². The van der Waals surface area contributed by atoms with Crippen molar-refractivity contribution in [2.75, 3.05) is 18.9 Å². The Morgan fingerprint density at radius 1 is 1.15 bits per heavy atom. The van der Waals surface area contributed by atoms with Gasteiger partial charge in [-0.1, -0.05) is 42.5 Å². The van der Waals surface area contributed by atoms with Crippen LogP contribution in [0.1, 0.15) is 48.5 Å². The molecule has 1 aliphatic carbocycles. The third-order valence-electron chi connectivity index (χ3n) is 4.95. The van der Waals surface area contributed by atoms with Crippen molar-refractivity contribution in [1.82, 2.24) is 5.32 Å². The van der Waals surface area contributed by atoms with Gasteiger partial charge in [0, 0.05) is 25.3 Å². The summed E-state index contributed by atoms with van der Waals surface area (Å²) in [6, 6.07) is 16.3. The number of nitrogens with one attached hydrogen (secondary N) is 1. The first-order valence-electron chi connectivity index (χ1n) is 9.53. The van der Waals surface area contributed by atoms with E-state index in [0.717, 1.165) is 30.5 Å². The van der Waals surface area contributed by atoms with E-state index in [-0.39, 0.29) is 12.0 Å². The van der Waals surface area contributed by atoms with E-state index in [1.54, 1.807) is 0 Å². The number of nitrogen functional groups attached to an aromatic ring is 1. The summed E-state index contributed by atoms with van der Waals surface area (Å²) in [5.74, 6) is 0.0660. The van der Waals surface area contributed by atoms with Gasteiger partial charge in [0.2, 0.25) is 5.91 Å². The van der Waals surface area contributed by atoms with Crippen LogP contribution in [0.25, 0.3) is 0 Å². The Labute approximate surface area is 155 Å². The normalized spacial score (nSPS) is 16.1. The maximum absolute atomic E-state index is 12.0. The van der Waals surface area contributed by atoms with Crippen LogP contribution in [-0.4, -0.2) is 19.1 Å². The number of ether oxygens (including phenoxy) is 1. The molecule has 1 aliphatic rings. The van der Waals surface area contributed by atoms with Gasteiger partial charge in [-0.05, 0) is 54.9 Å². The molecular formula is C22H28N2O2. The van der Waals surface area contributed by atoms with Crippen molar-refractivity contribution < 1.29 is 9.53 Å². The summed E-state index contributed by atoms with van der Waals surface area (Å²) in [5.41, 5.74) is 10.4. The van der Waals surface area contributed by atoms with Gasteiger partial charge in [-0.2, -0.15) is 0 Å². The summed E-state index contributed by atoms with van der Waals surface area (Å²) in [6.07, 6.45) is 5.59. The Hall–Kier alpha value is -2.33. The van der Waals surface area contributed by atoms with Crippen LogP contribution in [0.4, 0.5) is 5.69 Å². The average molecular weight is 352 g/mol. The molecule has 0 fully saturated rings. The molecule has 4 heteroatoms. The highest BCUT2D eigenvalue weighted by Gasteiger charge is 2.19. The van der Waals surface area contributed by atoms with Crippen LogP contribution in [0.2, 0.25) is 0 Å². The van der Waals surface area contributed by atoms with Crippen molar-refractivity contribution in [2.24, 2.45) is 0 Å². The minimum absolute atomic E-state index is 0.0660. The summed E-state index contributed by atoms with van der Waals surface area (Å²) in [6.45, 7) is 1.32. The summed E-state index contributed by atoms with van der Waals surface area (Å²) >= 11 is 0. The van der Waals surface area contributed by atoms with Gasteiger partial charge in [0.05, 0.1) is 6.10 Å². The number of fused-ring (bicyclic) bond motifs is 1. The number of aryl methyl sites for hydroxylation is 2. The van der Waals surface area contributed by atoms with Crippen LogP contribution in [-0.2, 0) is 22.4 Å². The molecule has 0 radical (unpaired) electrons. The lowest BCUT2D eigenvalue weighted by Crippen LogP contribution is -2.26. The summed E-state index contributed by atoms with van der Waals surface area (Å²) in [7, 11) is 0. The fraction of sp³-hybridized carbons (Fsp3) is 0.409. The Morgan fingerprint density at radius 3 is 2.85 bits per heavy atom. The SMILES string of the molecule is Nc1ccccc1CCC(=O)NCCCOC1CCCc2ccccc21. The number of benzene rings is 2. The molecule has 1 unspecified atom stereocenters. The Bertz CT molecular complexity index is 730. The van der Waals surface area contributed by atoms with E-state index in [1.807, 2.05) is 24.3 Å². The molecule has 3 rings (SSSR count). The van der Waals surface area contributed by atoms with Gasteiger partial charge >= 0.3 is 0 Å². The molecule has 0 heterocycles. The molecule has 138 valence electrons. The van der Waals surface area contributed by atoms with E-state index in [1.165, 1.54) is 17.5 Å². The number of rotatable bonds is 8. The lowest BCUT2D eigenvalue weighted by molar-refractivity contribution is -0.121. The molecule has 3 N–H and O–H groups in total. The molecule has 0 aromatic heterocycles. The Kier molecular flexibility index (Phi) is 6.67. The zero-order valence-electron chi connectivity index (χ0n) is 15.2. The predicted molar refractivity (Wildman–Crippen MR) is 105 cm³/mol. The number of amides is 1. The van der Waals surface area contributed by atoms with Gasteiger partial charge in [-0.25, -0.2) is 0 Å². The van der Waals surface area contributed by atoms with Gasteiger partial charge in [0.1, 0.15) is 0 Å². The molecule has 0 saturated heterocycles. The zero-order chi connectivity index (χ0) is 18.2. The minimum Gasteiger partial charge on any atom is -0.399 e. The van der Waals surface area contributed by atoms with Crippen LogP contribution in [0.15, 0.2) is 48.5 Å². The second-order valence-corrected chi connectivity index (χ2v) is 6.85. The number of carbonyl (C=O) groups excluding carboxylic acids is 1. The zero-order valence-corrected chi connectivity index (χ0v) is 15.2. The first-order chi connectivity index (χ1) is 12.7. The molecule has 2 aromatic carbocycles. The maximum Gasteiger partial charge on any atom is 0.220 e. The molecule has 26 heavy (non-hydrogen) atoms. The first kappa shape index (κ1) is 18.5. The smallest absolute Gasteiger partial charge is 0.220 e. The lowest BCUT2D eigenvalue weighted by Gasteiger charge is -2.25. The third-order valence-corrected chi connectivity index (χ3v) is 4.95. The molecule has 4 nitrogen and oxygen atoms in total. The molecule has 1 atom stereocenters.